The zero-order valence-corrected chi connectivity index (χ0v) is 8.56. The van der Waals surface area contributed by atoms with Crippen molar-refractivity contribution in [1.29, 1.82) is 0 Å². The number of halogens is 3. The van der Waals surface area contributed by atoms with Crippen molar-refractivity contribution in [3.8, 4) is 0 Å². The van der Waals surface area contributed by atoms with Crippen LogP contribution in [0.4, 0.5) is 13.2 Å². The maximum absolute atomic E-state index is 12.5. The maximum atomic E-state index is 12.5. The molecule has 0 spiro atoms. The fourth-order valence-corrected chi connectivity index (χ4v) is 1.04. The first-order chi connectivity index (χ1) is 6.79. The van der Waals surface area contributed by atoms with E-state index in [-0.39, 0.29) is 13.0 Å². The van der Waals surface area contributed by atoms with Gasteiger partial charge in [-0.05, 0) is 12.8 Å². The Morgan fingerprint density at radius 3 is 2.20 bits per heavy atom. The van der Waals surface area contributed by atoms with Gasteiger partial charge in [0.2, 0.25) is 5.54 Å². The van der Waals surface area contributed by atoms with Crippen molar-refractivity contribution >= 4 is 5.97 Å². The van der Waals surface area contributed by atoms with Gasteiger partial charge < -0.3 is 15.2 Å². The molecule has 1 unspecified atom stereocenters. The molecule has 0 aliphatic carbocycles. The van der Waals surface area contributed by atoms with E-state index in [0.717, 1.165) is 7.11 Å². The molecule has 2 N–H and O–H groups in total. The Bertz CT molecular complexity index is 220. The van der Waals surface area contributed by atoms with E-state index in [1.807, 2.05) is 0 Å². The highest BCUT2D eigenvalue weighted by atomic mass is 19.4. The molecule has 0 radical (unpaired) electrons. The second-order valence-corrected chi connectivity index (χ2v) is 3.06. The minimum absolute atomic E-state index is 0.0294. The third kappa shape index (κ3) is 3.35. The lowest BCUT2D eigenvalue weighted by Crippen LogP contribution is -2.60. The van der Waals surface area contributed by atoms with Gasteiger partial charge in [0.05, 0.1) is 7.11 Å². The zero-order valence-electron chi connectivity index (χ0n) is 8.56. The molecule has 1 atom stereocenters. The van der Waals surface area contributed by atoms with E-state index in [1.54, 1.807) is 0 Å². The molecule has 0 saturated carbocycles. The second kappa shape index (κ2) is 5.32. The van der Waals surface area contributed by atoms with Crippen LogP contribution in [0.15, 0.2) is 0 Å². The molecule has 0 aliphatic heterocycles. The van der Waals surface area contributed by atoms with Crippen molar-refractivity contribution in [1.82, 2.24) is 0 Å². The van der Waals surface area contributed by atoms with Gasteiger partial charge in [-0.3, -0.25) is 0 Å². The first-order valence-corrected chi connectivity index (χ1v) is 4.22. The van der Waals surface area contributed by atoms with Crippen LogP contribution < -0.4 is 5.73 Å². The zero-order chi connectivity index (χ0) is 12.1. The van der Waals surface area contributed by atoms with Gasteiger partial charge in [0.1, 0.15) is 0 Å². The van der Waals surface area contributed by atoms with Crippen molar-refractivity contribution in [3.63, 3.8) is 0 Å². The summed E-state index contributed by atoms with van der Waals surface area (Å²) in [4.78, 5) is 11.0. The van der Waals surface area contributed by atoms with E-state index in [0.29, 0.717) is 0 Å². The molecular formula is C8H14F3NO3. The molecule has 0 heterocycles. The lowest BCUT2D eigenvalue weighted by atomic mass is 9.94. The molecule has 0 fully saturated rings. The predicted octanol–water partition coefficient (Wildman–Crippen LogP) is 0.846. The van der Waals surface area contributed by atoms with Crippen LogP contribution in [0.2, 0.25) is 0 Å². The van der Waals surface area contributed by atoms with Gasteiger partial charge in [-0.1, -0.05) is 0 Å². The molecule has 15 heavy (non-hydrogen) atoms. The Morgan fingerprint density at radius 1 is 1.33 bits per heavy atom. The van der Waals surface area contributed by atoms with Crippen molar-refractivity contribution in [3.05, 3.63) is 0 Å². The number of methoxy groups -OCH3 is 2. The van der Waals surface area contributed by atoms with Crippen LogP contribution in [0.1, 0.15) is 12.8 Å². The van der Waals surface area contributed by atoms with Crippen LogP contribution in [0, 0.1) is 0 Å². The van der Waals surface area contributed by atoms with Gasteiger partial charge in [0.25, 0.3) is 0 Å². The summed E-state index contributed by atoms with van der Waals surface area (Å²) in [7, 11) is 2.22. The van der Waals surface area contributed by atoms with Crippen LogP contribution in [-0.4, -0.2) is 38.5 Å². The monoisotopic (exact) mass is 229 g/mol. The fraction of sp³-hybridized carbons (Fsp3) is 0.875. The number of carbonyl (C=O) groups excluding carboxylic acids is 1. The smallest absolute Gasteiger partial charge is 0.417 e. The van der Waals surface area contributed by atoms with Gasteiger partial charge >= 0.3 is 12.1 Å². The van der Waals surface area contributed by atoms with Crippen LogP contribution >= 0.6 is 0 Å². The van der Waals surface area contributed by atoms with Crippen LogP contribution in [-0.2, 0) is 14.3 Å². The van der Waals surface area contributed by atoms with Crippen molar-refractivity contribution < 1.29 is 27.4 Å². The van der Waals surface area contributed by atoms with E-state index in [1.165, 1.54) is 7.11 Å². The van der Waals surface area contributed by atoms with Crippen LogP contribution in [0.3, 0.4) is 0 Å². The SMILES string of the molecule is COCCCC(N)(C(=O)OC)C(F)(F)F. The summed E-state index contributed by atoms with van der Waals surface area (Å²) in [6.45, 7) is 0.103. The summed E-state index contributed by atoms with van der Waals surface area (Å²) in [5, 5.41) is 0. The number of hydrogen-bond acceptors (Lipinski definition) is 4. The molecule has 0 aromatic heterocycles. The number of carbonyl (C=O) groups is 1. The van der Waals surface area contributed by atoms with Gasteiger partial charge in [-0.2, -0.15) is 13.2 Å². The van der Waals surface area contributed by atoms with E-state index in [4.69, 9.17) is 5.73 Å². The van der Waals surface area contributed by atoms with Crippen LogP contribution in [0.25, 0.3) is 0 Å². The standard InChI is InChI=1S/C8H14F3NO3/c1-14-5-3-4-7(12,6(13)15-2)8(9,10)11/h3-5,12H2,1-2H3. The third-order valence-electron chi connectivity index (χ3n) is 1.98. The molecular weight excluding hydrogens is 215 g/mol. The Morgan fingerprint density at radius 2 is 1.87 bits per heavy atom. The number of nitrogens with two attached hydrogens (primary N) is 1. The number of esters is 1. The Labute approximate surface area is 85.5 Å². The molecule has 4 nitrogen and oxygen atoms in total. The first-order valence-electron chi connectivity index (χ1n) is 4.22. The Hall–Kier alpha value is -0.820. The van der Waals surface area contributed by atoms with E-state index < -0.39 is 24.1 Å². The van der Waals surface area contributed by atoms with Gasteiger partial charge in [-0.25, -0.2) is 4.79 Å². The molecule has 0 bridgehead atoms. The molecule has 0 rings (SSSR count). The Kier molecular flexibility index (Phi) is 5.02. The highest BCUT2D eigenvalue weighted by Crippen LogP contribution is 2.32. The van der Waals surface area contributed by atoms with Crippen molar-refractivity contribution in [2.75, 3.05) is 20.8 Å². The number of ether oxygens (including phenoxy) is 2. The average Bonchev–Trinajstić information content (AvgIpc) is 2.15. The number of rotatable bonds is 5. The number of alkyl halides is 3. The minimum atomic E-state index is -4.83. The molecule has 0 saturated heterocycles. The van der Waals surface area contributed by atoms with E-state index >= 15 is 0 Å². The van der Waals surface area contributed by atoms with Gasteiger partial charge in [-0.15, -0.1) is 0 Å². The first kappa shape index (κ1) is 14.2. The quantitative estimate of drug-likeness (QED) is 0.560. The summed E-state index contributed by atoms with van der Waals surface area (Å²) >= 11 is 0. The molecule has 0 aromatic carbocycles. The molecule has 0 aromatic rings. The van der Waals surface area contributed by atoms with Gasteiger partial charge in [0.15, 0.2) is 0 Å². The average molecular weight is 229 g/mol. The molecule has 0 amide bonds. The second-order valence-electron chi connectivity index (χ2n) is 3.06. The van der Waals surface area contributed by atoms with E-state index in [9.17, 15) is 18.0 Å². The lowest BCUT2D eigenvalue weighted by Gasteiger charge is -2.28. The number of hydrogen-bond donors (Lipinski definition) is 1. The highest BCUT2D eigenvalue weighted by Gasteiger charge is 2.58. The maximum Gasteiger partial charge on any atom is 0.417 e. The normalized spacial score (nSPS) is 15.9. The predicted molar refractivity (Wildman–Crippen MR) is 46.1 cm³/mol. The fourth-order valence-electron chi connectivity index (χ4n) is 1.04. The topological polar surface area (TPSA) is 61.5 Å². The van der Waals surface area contributed by atoms with Gasteiger partial charge in [0, 0.05) is 13.7 Å². The third-order valence-corrected chi connectivity index (χ3v) is 1.98. The summed E-state index contributed by atoms with van der Waals surface area (Å²) in [6, 6.07) is 0. The van der Waals surface area contributed by atoms with Crippen molar-refractivity contribution in [2.24, 2.45) is 5.73 Å². The summed E-state index contributed by atoms with van der Waals surface area (Å²) in [6.07, 6.45) is -5.35. The lowest BCUT2D eigenvalue weighted by molar-refractivity contribution is -0.205. The highest BCUT2D eigenvalue weighted by molar-refractivity contribution is 5.81. The van der Waals surface area contributed by atoms with Crippen LogP contribution in [0.5, 0.6) is 0 Å². The molecule has 0 aliphatic rings. The minimum Gasteiger partial charge on any atom is -0.467 e. The Balaban J connectivity index is 4.64. The molecule has 90 valence electrons. The van der Waals surface area contributed by atoms with Crippen molar-refractivity contribution in [2.45, 2.75) is 24.6 Å². The summed E-state index contributed by atoms with van der Waals surface area (Å²) < 4.78 is 46.1. The molecule has 7 heteroatoms. The largest absolute Gasteiger partial charge is 0.467 e. The summed E-state index contributed by atoms with van der Waals surface area (Å²) in [5.74, 6) is -1.48. The summed E-state index contributed by atoms with van der Waals surface area (Å²) in [5.41, 5.74) is 2.07. The van der Waals surface area contributed by atoms with E-state index in [2.05, 4.69) is 9.47 Å².